The third kappa shape index (κ3) is 4.03. The molecule has 1 N–H and O–H groups in total. The zero-order valence-corrected chi connectivity index (χ0v) is 17.0. The number of allylic oxidation sites excluding steroid dienone is 2. The van der Waals surface area contributed by atoms with E-state index in [4.69, 9.17) is 4.74 Å². The minimum atomic E-state index is -3.24. The van der Waals surface area contributed by atoms with Gasteiger partial charge in [-0.15, -0.1) is 0 Å². The number of fused-ring (bicyclic) bond motifs is 1. The molecule has 1 aromatic carbocycles. The van der Waals surface area contributed by atoms with Crippen molar-refractivity contribution in [2.75, 3.05) is 13.4 Å². The molecule has 0 fully saturated rings. The summed E-state index contributed by atoms with van der Waals surface area (Å²) in [5, 5.41) is 11.7. The Bertz CT molecular complexity index is 1190. The van der Waals surface area contributed by atoms with E-state index in [-0.39, 0.29) is 7.97 Å². The largest absolute Gasteiger partial charge is 0.497 e. The fourth-order valence-corrected chi connectivity index (χ4v) is 3.81. The predicted molar refractivity (Wildman–Crippen MR) is 112 cm³/mol. The Balaban J connectivity index is 0.00000300. The van der Waals surface area contributed by atoms with Crippen molar-refractivity contribution in [3.8, 4) is 17.3 Å². The molecular formula is C21H25N3O3S. The fraction of sp³-hybridized carbons (Fsp3) is 0.286. The van der Waals surface area contributed by atoms with Gasteiger partial charge < -0.3 is 9.30 Å². The topological polar surface area (TPSA) is 84.1 Å². The highest BCUT2D eigenvalue weighted by Crippen LogP contribution is 2.22. The van der Waals surface area contributed by atoms with Crippen LogP contribution in [0, 0.1) is 11.3 Å². The average Bonchev–Trinajstić information content (AvgIpc) is 2.82. The lowest BCUT2D eigenvalue weighted by atomic mass is 10.0. The molecule has 0 atom stereocenters. The molecule has 148 valence electrons. The van der Waals surface area contributed by atoms with Crippen LogP contribution < -0.4 is 15.3 Å². The maximum atomic E-state index is 11.3. The van der Waals surface area contributed by atoms with Gasteiger partial charge in [0.1, 0.15) is 11.8 Å². The van der Waals surface area contributed by atoms with Crippen LogP contribution in [0.15, 0.2) is 36.1 Å². The van der Waals surface area contributed by atoms with Gasteiger partial charge in [-0.25, -0.2) is 13.1 Å². The molecule has 0 saturated carbocycles. The molecule has 28 heavy (non-hydrogen) atoms. The quantitative estimate of drug-likeness (QED) is 0.803. The fourth-order valence-electron chi connectivity index (χ4n) is 3.38. The van der Waals surface area contributed by atoms with E-state index in [9.17, 15) is 13.7 Å². The summed E-state index contributed by atoms with van der Waals surface area (Å²) in [5.74, 6) is 0.778. The normalized spacial score (nSPS) is 13.4. The second-order valence-electron chi connectivity index (χ2n) is 6.56. The van der Waals surface area contributed by atoms with Gasteiger partial charge in [0, 0.05) is 25.8 Å². The number of nitriles is 1. The van der Waals surface area contributed by atoms with Crippen molar-refractivity contribution in [2.45, 2.75) is 26.4 Å². The molecule has 7 heteroatoms. The van der Waals surface area contributed by atoms with E-state index in [2.05, 4.69) is 21.4 Å². The maximum absolute atomic E-state index is 11.3. The van der Waals surface area contributed by atoms with Crippen molar-refractivity contribution in [3.05, 3.63) is 57.8 Å². The van der Waals surface area contributed by atoms with E-state index in [1.165, 1.54) is 0 Å². The molecule has 1 aliphatic rings. The van der Waals surface area contributed by atoms with E-state index < -0.39 is 10.0 Å². The van der Waals surface area contributed by atoms with Gasteiger partial charge in [0.25, 0.3) is 0 Å². The summed E-state index contributed by atoms with van der Waals surface area (Å²) in [4.78, 5) is 0. The summed E-state index contributed by atoms with van der Waals surface area (Å²) in [6, 6.07) is 9.97. The molecule has 2 aromatic rings. The molecule has 0 radical (unpaired) electrons. The van der Waals surface area contributed by atoms with Crippen molar-refractivity contribution in [3.63, 3.8) is 0 Å². The Morgan fingerprint density at radius 3 is 2.57 bits per heavy atom. The number of nitrogens with zero attached hydrogens (tertiary/aromatic N) is 2. The Morgan fingerprint density at radius 2 is 2.00 bits per heavy atom. The summed E-state index contributed by atoms with van der Waals surface area (Å²) in [6.07, 6.45) is 7.85. The third-order valence-corrected chi connectivity index (χ3v) is 5.36. The number of hydrogen-bond acceptors (Lipinski definition) is 4. The standard InChI is InChI=1S/C21H23N3O3S.H2/c1-4-24-20-12-17(27-2)6-5-7-18(20)19(13-22)21(24)16-10-8-15(9-11-16)14-23-28(3,25)26;/h6-12,23H,4-5,14H2,1-3H3;1H. The number of hydrogen-bond donors (Lipinski definition) is 1. The van der Waals surface area contributed by atoms with Crippen LogP contribution in [-0.4, -0.2) is 26.4 Å². The predicted octanol–water partition coefficient (Wildman–Crippen LogP) is 1.84. The first-order valence-electron chi connectivity index (χ1n) is 9.00. The van der Waals surface area contributed by atoms with E-state index in [0.717, 1.165) is 39.4 Å². The Kier molecular flexibility index (Phi) is 5.73. The minimum absolute atomic E-state index is 0. The lowest BCUT2D eigenvalue weighted by Crippen LogP contribution is -2.29. The zero-order valence-electron chi connectivity index (χ0n) is 16.2. The van der Waals surface area contributed by atoms with Gasteiger partial charge >= 0.3 is 0 Å². The lowest BCUT2D eigenvalue weighted by Gasteiger charge is -2.10. The van der Waals surface area contributed by atoms with E-state index in [1.807, 2.05) is 43.3 Å². The molecule has 1 aliphatic carbocycles. The highest BCUT2D eigenvalue weighted by Gasteiger charge is 2.17. The van der Waals surface area contributed by atoms with E-state index in [1.54, 1.807) is 7.11 Å². The van der Waals surface area contributed by atoms with Crippen LogP contribution in [0.5, 0.6) is 0 Å². The van der Waals surface area contributed by atoms with Gasteiger partial charge in [-0.05, 0) is 30.5 Å². The van der Waals surface area contributed by atoms with Gasteiger partial charge in [-0.2, -0.15) is 5.26 Å². The van der Waals surface area contributed by atoms with Crippen LogP contribution >= 0.6 is 0 Å². The number of aromatic nitrogens is 1. The van der Waals surface area contributed by atoms with Crippen LogP contribution in [0.3, 0.4) is 0 Å². The number of nitrogens with one attached hydrogen (secondary N) is 1. The summed E-state index contributed by atoms with van der Waals surface area (Å²) >= 11 is 0. The average molecular weight is 400 g/mol. The number of methoxy groups -OCH3 is 1. The van der Waals surface area contributed by atoms with Crippen LogP contribution in [-0.2, 0) is 27.8 Å². The maximum Gasteiger partial charge on any atom is 0.209 e. The molecule has 0 amide bonds. The van der Waals surface area contributed by atoms with Crippen LogP contribution in [0.1, 0.15) is 25.9 Å². The van der Waals surface area contributed by atoms with Crippen molar-refractivity contribution in [1.29, 1.82) is 5.26 Å². The monoisotopic (exact) mass is 399 g/mol. The first-order valence-corrected chi connectivity index (χ1v) is 10.9. The summed E-state index contributed by atoms with van der Waals surface area (Å²) in [7, 11) is -1.60. The third-order valence-electron chi connectivity index (χ3n) is 4.69. The van der Waals surface area contributed by atoms with Crippen molar-refractivity contribution in [1.82, 2.24) is 9.29 Å². The Hall–Kier alpha value is -2.82. The second kappa shape index (κ2) is 8.05. The van der Waals surface area contributed by atoms with Gasteiger partial charge in [0.2, 0.25) is 10.0 Å². The first-order chi connectivity index (χ1) is 13.4. The molecular weight excluding hydrogens is 374 g/mol. The van der Waals surface area contributed by atoms with Gasteiger partial charge in [-0.3, -0.25) is 0 Å². The molecule has 0 spiro atoms. The van der Waals surface area contributed by atoms with Crippen LogP contribution in [0.25, 0.3) is 23.4 Å². The Labute approximate surface area is 166 Å². The molecule has 6 nitrogen and oxygen atoms in total. The molecule has 1 heterocycles. The van der Waals surface area contributed by atoms with Crippen molar-refractivity contribution >= 4 is 22.2 Å². The molecule has 0 bridgehead atoms. The molecule has 3 rings (SSSR count). The van der Waals surface area contributed by atoms with Gasteiger partial charge in [0.05, 0.1) is 30.0 Å². The highest BCUT2D eigenvalue weighted by molar-refractivity contribution is 7.88. The minimum Gasteiger partial charge on any atom is -0.497 e. The van der Waals surface area contributed by atoms with Crippen LogP contribution in [0.2, 0.25) is 0 Å². The first kappa shape index (κ1) is 19.9. The molecule has 0 saturated heterocycles. The molecule has 1 aromatic heterocycles. The number of rotatable bonds is 6. The van der Waals surface area contributed by atoms with Crippen LogP contribution in [0.4, 0.5) is 0 Å². The zero-order chi connectivity index (χ0) is 20.3. The SMILES string of the molecule is CCn1c(-c2ccc(CNS(C)(=O)=O)cc2)c(C#N)c2c1=CC(OC)=CCC=2.[HH]. The molecule has 0 unspecified atom stereocenters. The summed E-state index contributed by atoms with van der Waals surface area (Å²) < 4.78 is 32.6. The number of ether oxygens (including phenoxy) is 1. The van der Waals surface area contributed by atoms with Crippen molar-refractivity contribution < 1.29 is 14.6 Å². The van der Waals surface area contributed by atoms with E-state index >= 15 is 0 Å². The summed E-state index contributed by atoms with van der Waals surface area (Å²) in [5.41, 5.74) is 3.27. The number of sulfonamides is 1. The Morgan fingerprint density at radius 1 is 1.29 bits per heavy atom. The lowest BCUT2D eigenvalue weighted by molar-refractivity contribution is 0.312. The highest BCUT2D eigenvalue weighted by atomic mass is 32.2. The van der Waals surface area contributed by atoms with Gasteiger partial charge in [-0.1, -0.05) is 30.3 Å². The smallest absolute Gasteiger partial charge is 0.209 e. The molecule has 0 aliphatic heterocycles. The van der Waals surface area contributed by atoms with E-state index in [0.29, 0.717) is 18.5 Å². The van der Waals surface area contributed by atoms with Crippen molar-refractivity contribution in [2.24, 2.45) is 0 Å². The summed E-state index contributed by atoms with van der Waals surface area (Å²) in [6.45, 7) is 2.99. The second-order valence-corrected chi connectivity index (χ2v) is 8.40. The van der Waals surface area contributed by atoms with Gasteiger partial charge in [0.15, 0.2) is 0 Å². The number of benzene rings is 1.